The van der Waals surface area contributed by atoms with E-state index in [2.05, 4.69) is 29.9 Å². The second kappa shape index (κ2) is 15.6. The summed E-state index contributed by atoms with van der Waals surface area (Å²) in [5.74, 6) is -0.0509. The number of carbonyl (C=O) groups excluding carboxylic acids is 1. The number of phosphoric acid groups is 1. The van der Waals surface area contributed by atoms with Crippen molar-refractivity contribution in [2.45, 2.75) is 57.9 Å². The molecule has 1 unspecified atom stereocenters. The summed E-state index contributed by atoms with van der Waals surface area (Å²) >= 11 is 1.21. The van der Waals surface area contributed by atoms with Gasteiger partial charge in [0.25, 0.3) is 5.91 Å². The minimum Gasteiger partial charge on any atom is -0.790 e. The SMILES string of the molecule is CCOC1CCC(n2cc(NC(=O)c3csc(-c4cnn(C(C)OP(=O)([O-])[O-])c4)n3)c(-c3ncccn3)n2)CC1.[Na+].[Na+]. The van der Waals surface area contributed by atoms with E-state index < -0.39 is 20.0 Å². The monoisotopic (exact) mass is 632 g/mol. The number of phosphoric ester groups is 1. The first kappa shape index (κ1) is 35.2. The Hall–Kier alpha value is -1.33. The zero-order valence-electron chi connectivity index (χ0n) is 23.7. The van der Waals surface area contributed by atoms with E-state index in [1.165, 1.54) is 35.3 Å². The summed E-state index contributed by atoms with van der Waals surface area (Å²) < 4.78 is 24.2. The Kier molecular flexibility index (Phi) is 13.1. The number of anilines is 1. The Labute approximate surface area is 290 Å². The average Bonchev–Trinajstić information content (AvgIpc) is 3.68. The number of aromatic nitrogens is 7. The molecule has 4 aromatic heterocycles. The molecule has 1 amide bonds. The number of nitrogens with one attached hydrogen (secondary N) is 1. The summed E-state index contributed by atoms with van der Waals surface area (Å²) in [6.45, 7) is 4.07. The Balaban J connectivity index is 0.00000242. The van der Waals surface area contributed by atoms with Gasteiger partial charge in [-0.1, -0.05) is 0 Å². The van der Waals surface area contributed by atoms with Gasteiger partial charge >= 0.3 is 59.1 Å². The van der Waals surface area contributed by atoms with Gasteiger partial charge in [-0.15, -0.1) is 11.3 Å². The summed E-state index contributed by atoms with van der Waals surface area (Å²) in [5.41, 5.74) is 1.63. The van der Waals surface area contributed by atoms with Crippen LogP contribution in [0, 0.1) is 0 Å². The van der Waals surface area contributed by atoms with Crippen molar-refractivity contribution in [1.29, 1.82) is 0 Å². The second-order valence-corrected chi connectivity index (χ2v) is 11.1. The van der Waals surface area contributed by atoms with E-state index >= 15 is 0 Å². The minimum atomic E-state index is -5.18. The molecule has 212 valence electrons. The van der Waals surface area contributed by atoms with Crippen LogP contribution in [0.1, 0.15) is 62.3 Å². The molecule has 42 heavy (non-hydrogen) atoms. The molecule has 1 fully saturated rings. The second-order valence-electron chi connectivity index (χ2n) is 9.18. The fourth-order valence-corrected chi connectivity index (χ4v) is 5.79. The van der Waals surface area contributed by atoms with E-state index in [4.69, 9.17) is 9.84 Å². The van der Waals surface area contributed by atoms with Crippen molar-refractivity contribution in [1.82, 2.24) is 34.5 Å². The summed E-state index contributed by atoms with van der Waals surface area (Å²) in [7, 11) is -5.18. The van der Waals surface area contributed by atoms with Gasteiger partial charge in [0, 0.05) is 42.3 Å². The molecule has 0 radical (unpaired) electrons. The van der Waals surface area contributed by atoms with E-state index in [9.17, 15) is 19.1 Å². The fourth-order valence-electron chi connectivity index (χ4n) is 4.55. The van der Waals surface area contributed by atoms with Gasteiger partial charge in [-0.05, 0) is 45.6 Å². The van der Waals surface area contributed by atoms with Crippen molar-refractivity contribution in [3.63, 3.8) is 0 Å². The molecule has 1 saturated carbocycles. The topological polar surface area (TPSA) is 185 Å². The molecule has 5 rings (SSSR count). The summed E-state index contributed by atoms with van der Waals surface area (Å²) in [5, 5.41) is 13.8. The Morgan fingerprint density at radius 3 is 2.57 bits per heavy atom. The molecule has 1 aliphatic carbocycles. The van der Waals surface area contributed by atoms with E-state index in [-0.39, 0.29) is 77.0 Å². The molecule has 1 aliphatic rings. The van der Waals surface area contributed by atoms with Crippen LogP contribution in [-0.4, -0.2) is 53.1 Å². The largest absolute Gasteiger partial charge is 1.00 e. The summed E-state index contributed by atoms with van der Waals surface area (Å²) in [4.78, 5) is 48.1. The normalized spacial score (nSPS) is 17.6. The van der Waals surface area contributed by atoms with E-state index in [0.29, 0.717) is 34.4 Å². The van der Waals surface area contributed by atoms with Gasteiger partial charge in [0.2, 0.25) is 0 Å². The zero-order valence-corrected chi connectivity index (χ0v) is 29.5. The number of hydrogen-bond donors (Lipinski definition) is 1. The van der Waals surface area contributed by atoms with Gasteiger partial charge in [-0.3, -0.25) is 9.48 Å². The smallest absolute Gasteiger partial charge is 0.790 e. The third-order valence-electron chi connectivity index (χ3n) is 6.42. The molecule has 0 aliphatic heterocycles. The van der Waals surface area contributed by atoms with Gasteiger partial charge in [0.15, 0.2) is 17.7 Å². The predicted octanol–water partition coefficient (Wildman–Crippen LogP) is -3.20. The van der Waals surface area contributed by atoms with Crippen molar-refractivity contribution in [2.24, 2.45) is 0 Å². The Morgan fingerprint density at radius 1 is 1.19 bits per heavy atom. The molecule has 1 atom stereocenters. The van der Waals surface area contributed by atoms with Crippen molar-refractivity contribution >= 4 is 30.8 Å². The molecule has 18 heteroatoms. The molecule has 1 N–H and O–H groups in total. The van der Waals surface area contributed by atoms with Gasteiger partial charge in [-0.2, -0.15) is 10.2 Å². The quantitative estimate of drug-likeness (QED) is 0.137. The van der Waals surface area contributed by atoms with Crippen LogP contribution in [0.5, 0.6) is 0 Å². The maximum atomic E-state index is 13.2. The minimum absolute atomic E-state index is 0. The Bertz CT molecular complexity index is 1510. The van der Waals surface area contributed by atoms with Crippen LogP contribution in [0.25, 0.3) is 22.1 Å². The van der Waals surface area contributed by atoms with Gasteiger partial charge < -0.3 is 28.9 Å². The molecular weight excluding hydrogens is 605 g/mol. The number of thiazole rings is 1. The van der Waals surface area contributed by atoms with Crippen molar-refractivity contribution in [3.8, 4) is 22.1 Å². The molecule has 0 bridgehead atoms. The molecule has 4 heterocycles. The number of ether oxygens (including phenoxy) is 1. The van der Waals surface area contributed by atoms with Crippen LogP contribution in [-0.2, 0) is 13.8 Å². The molecule has 0 aromatic carbocycles. The van der Waals surface area contributed by atoms with Gasteiger partial charge in [0.1, 0.15) is 10.7 Å². The third kappa shape index (κ3) is 8.87. The number of hydrogen-bond acceptors (Lipinski definition) is 12. The number of rotatable bonds is 10. The predicted molar refractivity (Wildman–Crippen MR) is 141 cm³/mol. The van der Waals surface area contributed by atoms with Crippen LogP contribution in [0.15, 0.2) is 42.4 Å². The van der Waals surface area contributed by atoms with E-state index in [1.54, 1.807) is 30.0 Å². The van der Waals surface area contributed by atoms with E-state index in [0.717, 1.165) is 25.7 Å². The third-order valence-corrected chi connectivity index (χ3v) is 7.87. The van der Waals surface area contributed by atoms with Gasteiger partial charge in [0.05, 0.1) is 31.9 Å². The summed E-state index contributed by atoms with van der Waals surface area (Å²) in [6.07, 6.45) is 10.8. The first-order valence-electron chi connectivity index (χ1n) is 12.7. The maximum Gasteiger partial charge on any atom is 1.00 e. The van der Waals surface area contributed by atoms with Crippen LogP contribution in [0.2, 0.25) is 0 Å². The van der Waals surface area contributed by atoms with Crippen molar-refractivity contribution in [3.05, 3.63) is 48.1 Å². The van der Waals surface area contributed by atoms with Crippen LogP contribution >= 0.6 is 19.2 Å². The molecule has 4 aromatic rings. The summed E-state index contributed by atoms with van der Waals surface area (Å²) in [6, 6.07) is 1.87. The van der Waals surface area contributed by atoms with E-state index in [1.807, 2.05) is 11.6 Å². The number of carbonyl (C=O) groups is 1. The van der Waals surface area contributed by atoms with Crippen molar-refractivity contribution in [2.75, 3.05) is 11.9 Å². The van der Waals surface area contributed by atoms with Gasteiger partial charge in [-0.25, -0.2) is 19.6 Å². The fraction of sp³-hybridized carbons (Fsp3) is 0.417. The number of amides is 1. The molecule has 14 nitrogen and oxygen atoms in total. The van der Waals surface area contributed by atoms with Crippen molar-refractivity contribution < 1.29 is 87.5 Å². The molecular formula is C24H27N8Na2O6PS. The standard InChI is InChI=1S/C24H29N8O6PS.2Na/c1-3-37-18-7-5-17(6-8-18)32-13-19(21(30-32)22-25-9-4-10-26-22)28-23(33)20-14-40-24(29-20)16-11-27-31(12-16)15(2)38-39(34,35)36;;/h4,9-15,17-18H,3,5-8H2,1-2H3,(H,28,33)(H2,34,35,36);;/q;2*+1/p-2. The first-order chi connectivity index (χ1) is 19.2. The molecule has 0 saturated heterocycles. The first-order valence-corrected chi connectivity index (χ1v) is 15.0. The van der Waals surface area contributed by atoms with Crippen LogP contribution in [0.4, 0.5) is 5.69 Å². The Morgan fingerprint density at radius 2 is 1.90 bits per heavy atom. The average molecular weight is 633 g/mol. The zero-order chi connectivity index (χ0) is 28.3. The van der Waals surface area contributed by atoms with Crippen LogP contribution < -0.4 is 74.2 Å². The van der Waals surface area contributed by atoms with Crippen LogP contribution in [0.3, 0.4) is 0 Å². The number of nitrogens with zero attached hydrogens (tertiary/aromatic N) is 7. The maximum absolute atomic E-state index is 13.2. The molecule has 0 spiro atoms.